The number of aromatic nitrogens is 3. The molecule has 0 saturated heterocycles. The molecule has 0 bridgehead atoms. The zero-order chi connectivity index (χ0) is 21.3. The third-order valence-electron chi connectivity index (χ3n) is 4.30. The Kier molecular flexibility index (Phi) is 7.59. The van der Waals surface area contributed by atoms with Crippen LogP contribution in [-0.2, 0) is 17.6 Å². The Balaban J connectivity index is 1.48. The third-order valence-corrected chi connectivity index (χ3v) is 4.54. The number of nitrogens with one attached hydrogen (secondary N) is 2. The summed E-state index contributed by atoms with van der Waals surface area (Å²) in [5.74, 6) is -0.0443. The Morgan fingerprint density at radius 3 is 3.10 bits per heavy atom. The Labute approximate surface area is 179 Å². The van der Waals surface area contributed by atoms with Crippen molar-refractivity contribution in [2.45, 2.75) is 12.8 Å². The number of allylic oxidation sites excluding steroid dienone is 4. The van der Waals surface area contributed by atoms with Crippen LogP contribution in [0.1, 0.15) is 22.1 Å². The number of aromatic amines is 1. The minimum atomic E-state index is -0.383. The van der Waals surface area contributed by atoms with Gasteiger partial charge in [-0.05, 0) is 35.8 Å². The fourth-order valence-corrected chi connectivity index (χ4v) is 3.01. The van der Waals surface area contributed by atoms with Crippen molar-refractivity contribution in [1.29, 1.82) is 0 Å². The number of rotatable bonds is 10. The number of ether oxygens (including phenoxy) is 1. The number of halogens is 1. The number of amides is 1. The van der Waals surface area contributed by atoms with E-state index in [4.69, 9.17) is 20.9 Å². The maximum atomic E-state index is 12.3. The molecular formula is C22H23ClN4O3. The van der Waals surface area contributed by atoms with E-state index in [-0.39, 0.29) is 11.7 Å². The molecule has 3 rings (SSSR count). The van der Waals surface area contributed by atoms with Crippen LogP contribution in [-0.4, -0.2) is 41.3 Å². The maximum Gasteiger partial charge on any atom is 0.292 e. The molecule has 0 aliphatic heterocycles. The van der Waals surface area contributed by atoms with E-state index in [9.17, 15) is 4.79 Å². The molecule has 0 radical (unpaired) electrons. The van der Waals surface area contributed by atoms with Crippen LogP contribution < -0.4 is 5.32 Å². The van der Waals surface area contributed by atoms with Crippen molar-refractivity contribution in [2.24, 2.45) is 0 Å². The first-order valence-electron chi connectivity index (χ1n) is 9.43. The number of hydrogen-bond acceptors (Lipinski definition) is 5. The van der Waals surface area contributed by atoms with Gasteiger partial charge in [0, 0.05) is 35.8 Å². The van der Waals surface area contributed by atoms with Crippen LogP contribution in [0.25, 0.3) is 10.9 Å². The van der Waals surface area contributed by atoms with E-state index in [1.807, 2.05) is 48.7 Å². The standard InChI is InChI=1S/C22H23ClN4O3/c1-15(6-4-3-5-11-29-2)12-20-26-21(27-30-20)22(28)24-10-9-16-14-25-19-8-7-17(23)13-18(16)19/h3-8,13-14,25H,1,9-12H2,2H3,(H,24,28)/b5-3-,6-4-. The Morgan fingerprint density at radius 2 is 2.27 bits per heavy atom. The van der Waals surface area contributed by atoms with Crippen LogP contribution in [0.4, 0.5) is 0 Å². The summed E-state index contributed by atoms with van der Waals surface area (Å²) in [6.45, 7) is 4.92. The lowest BCUT2D eigenvalue weighted by Crippen LogP contribution is -2.26. The monoisotopic (exact) mass is 426 g/mol. The topological polar surface area (TPSA) is 93.0 Å². The van der Waals surface area contributed by atoms with Gasteiger partial charge in [-0.25, -0.2) is 0 Å². The Hall–Kier alpha value is -3.16. The predicted molar refractivity (Wildman–Crippen MR) is 117 cm³/mol. The molecule has 0 saturated carbocycles. The number of H-pyrrole nitrogens is 1. The van der Waals surface area contributed by atoms with Gasteiger partial charge in [0.2, 0.25) is 5.89 Å². The number of benzene rings is 1. The summed E-state index contributed by atoms with van der Waals surface area (Å²) in [5.41, 5.74) is 2.86. The minimum Gasteiger partial charge on any atom is -0.381 e. The molecule has 2 N–H and O–H groups in total. The van der Waals surface area contributed by atoms with Crippen LogP contribution in [0.15, 0.2) is 65.4 Å². The molecule has 8 heteroatoms. The van der Waals surface area contributed by atoms with Crippen LogP contribution in [0.3, 0.4) is 0 Å². The summed E-state index contributed by atoms with van der Waals surface area (Å²) >= 11 is 6.07. The lowest BCUT2D eigenvalue weighted by molar-refractivity contribution is 0.0941. The molecule has 156 valence electrons. The van der Waals surface area contributed by atoms with E-state index in [2.05, 4.69) is 27.0 Å². The lowest BCUT2D eigenvalue weighted by atomic mass is 10.1. The molecule has 0 aliphatic carbocycles. The van der Waals surface area contributed by atoms with Gasteiger partial charge in [-0.2, -0.15) is 4.98 Å². The minimum absolute atomic E-state index is 0.00346. The molecule has 0 aliphatic rings. The fourth-order valence-electron chi connectivity index (χ4n) is 2.84. The van der Waals surface area contributed by atoms with E-state index in [1.165, 1.54) is 0 Å². The second-order valence-electron chi connectivity index (χ2n) is 6.60. The molecule has 2 heterocycles. The number of hydrogen-bond donors (Lipinski definition) is 2. The van der Waals surface area contributed by atoms with Crippen molar-refractivity contribution >= 4 is 28.4 Å². The van der Waals surface area contributed by atoms with E-state index in [0.717, 1.165) is 22.0 Å². The van der Waals surface area contributed by atoms with Crippen LogP contribution >= 0.6 is 11.6 Å². The normalized spacial score (nSPS) is 11.7. The predicted octanol–water partition coefficient (Wildman–Crippen LogP) is 4.03. The highest BCUT2D eigenvalue weighted by Crippen LogP contribution is 2.22. The fraction of sp³-hybridized carbons (Fsp3) is 0.227. The van der Waals surface area contributed by atoms with Gasteiger partial charge in [-0.1, -0.05) is 47.6 Å². The number of carbonyl (C=O) groups excluding carboxylic acids is 1. The van der Waals surface area contributed by atoms with Gasteiger partial charge in [0.05, 0.1) is 13.0 Å². The molecule has 0 spiro atoms. The Bertz CT molecular complexity index is 1080. The lowest BCUT2D eigenvalue weighted by Gasteiger charge is -2.02. The van der Waals surface area contributed by atoms with E-state index < -0.39 is 0 Å². The summed E-state index contributed by atoms with van der Waals surface area (Å²) < 4.78 is 10.1. The highest BCUT2D eigenvalue weighted by molar-refractivity contribution is 6.31. The molecule has 1 aromatic carbocycles. The zero-order valence-corrected chi connectivity index (χ0v) is 17.4. The molecule has 1 amide bonds. The molecule has 7 nitrogen and oxygen atoms in total. The average molecular weight is 427 g/mol. The zero-order valence-electron chi connectivity index (χ0n) is 16.7. The van der Waals surface area contributed by atoms with Crippen molar-refractivity contribution in [3.63, 3.8) is 0 Å². The van der Waals surface area contributed by atoms with Crippen molar-refractivity contribution in [2.75, 3.05) is 20.3 Å². The first-order chi connectivity index (χ1) is 14.6. The van der Waals surface area contributed by atoms with Crippen molar-refractivity contribution < 1.29 is 14.1 Å². The van der Waals surface area contributed by atoms with Crippen molar-refractivity contribution in [1.82, 2.24) is 20.4 Å². The van der Waals surface area contributed by atoms with Gasteiger partial charge in [0.25, 0.3) is 11.7 Å². The molecular weight excluding hydrogens is 404 g/mol. The average Bonchev–Trinajstić information content (AvgIpc) is 3.35. The molecule has 0 fully saturated rings. The summed E-state index contributed by atoms with van der Waals surface area (Å²) in [6, 6.07) is 5.67. The van der Waals surface area contributed by atoms with Gasteiger partial charge in [-0.3, -0.25) is 4.79 Å². The summed E-state index contributed by atoms with van der Waals surface area (Å²) in [7, 11) is 1.63. The van der Waals surface area contributed by atoms with Crippen LogP contribution in [0.5, 0.6) is 0 Å². The van der Waals surface area contributed by atoms with Gasteiger partial charge >= 0.3 is 0 Å². The van der Waals surface area contributed by atoms with Gasteiger partial charge in [-0.15, -0.1) is 0 Å². The smallest absolute Gasteiger partial charge is 0.292 e. The quantitative estimate of drug-likeness (QED) is 0.477. The number of nitrogens with zero attached hydrogens (tertiary/aromatic N) is 2. The van der Waals surface area contributed by atoms with Gasteiger partial charge in [0.1, 0.15) is 0 Å². The number of carbonyl (C=O) groups is 1. The van der Waals surface area contributed by atoms with Crippen molar-refractivity contribution in [3.8, 4) is 0 Å². The highest BCUT2D eigenvalue weighted by Gasteiger charge is 2.14. The summed E-state index contributed by atoms with van der Waals surface area (Å²) in [4.78, 5) is 19.6. The van der Waals surface area contributed by atoms with Gasteiger partial charge in [0.15, 0.2) is 0 Å². The van der Waals surface area contributed by atoms with E-state index >= 15 is 0 Å². The molecule has 30 heavy (non-hydrogen) atoms. The first kappa shape index (κ1) is 21.5. The second kappa shape index (κ2) is 10.6. The third kappa shape index (κ3) is 5.92. The van der Waals surface area contributed by atoms with Crippen molar-refractivity contribution in [3.05, 3.63) is 83.2 Å². The number of fused-ring (bicyclic) bond motifs is 1. The molecule has 2 aromatic heterocycles. The van der Waals surface area contributed by atoms with E-state index in [1.54, 1.807) is 7.11 Å². The molecule has 0 atom stereocenters. The molecule has 0 unspecified atom stereocenters. The van der Waals surface area contributed by atoms with Gasteiger partial charge < -0.3 is 19.6 Å². The number of methoxy groups -OCH3 is 1. The largest absolute Gasteiger partial charge is 0.381 e. The van der Waals surface area contributed by atoms with Crippen LogP contribution in [0, 0.1) is 0 Å². The highest BCUT2D eigenvalue weighted by atomic mass is 35.5. The SMILES string of the molecule is C=C(/C=C\C=C/COC)Cc1nc(C(=O)NCCc2c[nH]c3ccc(Cl)cc23)no1. The van der Waals surface area contributed by atoms with Crippen LogP contribution in [0.2, 0.25) is 5.02 Å². The first-order valence-corrected chi connectivity index (χ1v) is 9.81. The maximum absolute atomic E-state index is 12.3. The van der Waals surface area contributed by atoms with E-state index in [0.29, 0.717) is 36.9 Å². The second-order valence-corrected chi connectivity index (χ2v) is 7.04. The molecule has 3 aromatic rings. The summed E-state index contributed by atoms with van der Waals surface area (Å²) in [5, 5.41) is 8.28. The summed E-state index contributed by atoms with van der Waals surface area (Å²) in [6.07, 6.45) is 10.4. The Morgan fingerprint density at radius 1 is 1.40 bits per heavy atom.